The van der Waals surface area contributed by atoms with Gasteiger partial charge in [0.05, 0.1) is 20.6 Å². The van der Waals surface area contributed by atoms with E-state index in [4.69, 9.17) is 29.6 Å². The number of fused-ring (bicyclic) bond motifs is 1. The van der Waals surface area contributed by atoms with E-state index in [-0.39, 0.29) is 39.5 Å². The normalized spacial score (nSPS) is 13.6. The molecule has 1 N–H and O–H groups in total. The van der Waals surface area contributed by atoms with E-state index in [1.54, 1.807) is 41.3 Å². The zero-order valence-corrected chi connectivity index (χ0v) is 23.6. The van der Waals surface area contributed by atoms with E-state index in [2.05, 4.69) is 5.92 Å². The summed E-state index contributed by atoms with van der Waals surface area (Å²) >= 11 is 13.3. The molecule has 1 aliphatic rings. The van der Waals surface area contributed by atoms with Gasteiger partial charge in [-0.3, -0.25) is 14.5 Å². The first-order chi connectivity index (χ1) is 18.9. The van der Waals surface area contributed by atoms with Crippen LogP contribution in [-0.4, -0.2) is 55.6 Å². The maximum absolute atomic E-state index is 13.1. The number of carbonyl (C=O) groups is 3. The highest BCUT2D eigenvalue weighted by Crippen LogP contribution is 2.41. The summed E-state index contributed by atoms with van der Waals surface area (Å²) in [4.78, 5) is 40.3. The fourth-order valence-corrected chi connectivity index (χ4v) is 6.17. The van der Waals surface area contributed by atoms with Crippen molar-refractivity contribution in [3.8, 4) is 12.3 Å². The van der Waals surface area contributed by atoms with Crippen LogP contribution in [0.25, 0.3) is 0 Å². The Morgan fingerprint density at radius 3 is 2.55 bits per heavy atom. The zero-order valence-electron chi connectivity index (χ0n) is 21.3. The first-order valence-electron chi connectivity index (χ1n) is 12.1. The van der Waals surface area contributed by atoms with Crippen LogP contribution in [0.4, 0.5) is 5.69 Å². The molecule has 1 aliphatic heterocycles. The lowest BCUT2D eigenvalue weighted by atomic mass is 9.96. The predicted molar refractivity (Wildman–Crippen MR) is 153 cm³/mol. The number of carboxylic acid groups (broad SMARTS) is 1. The maximum Gasteiger partial charge on any atom is 0.327 e. The van der Waals surface area contributed by atoms with Crippen LogP contribution < -0.4 is 4.90 Å². The summed E-state index contributed by atoms with van der Waals surface area (Å²) in [6.07, 6.45) is 7.00. The van der Waals surface area contributed by atoms with Crippen molar-refractivity contribution >= 4 is 57.0 Å². The first-order valence-corrected chi connectivity index (χ1v) is 14.7. The van der Waals surface area contributed by atoms with Crippen LogP contribution in [0.3, 0.4) is 0 Å². The number of aliphatic carboxylic acids is 1. The molecule has 0 aliphatic carbocycles. The second-order valence-corrected chi connectivity index (χ2v) is 12.2. The van der Waals surface area contributed by atoms with Gasteiger partial charge in [-0.15, -0.1) is 6.42 Å². The number of hydrogen-bond acceptors (Lipinski definition) is 5. The van der Waals surface area contributed by atoms with Gasteiger partial charge < -0.3 is 10.0 Å². The third kappa shape index (κ3) is 5.99. The smallest absolute Gasteiger partial charge is 0.327 e. The molecule has 0 bridgehead atoms. The number of halogens is 2. The summed E-state index contributed by atoms with van der Waals surface area (Å²) in [7, 11) is -3.52. The van der Waals surface area contributed by atoms with Crippen molar-refractivity contribution in [1.29, 1.82) is 0 Å². The molecule has 0 saturated carbocycles. The average Bonchev–Trinajstić information content (AvgIpc) is 2.93. The van der Waals surface area contributed by atoms with Gasteiger partial charge in [-0.1, -0.05) is 47.3 Å². The van der Waals surface area contributed by atoms with Gasteiger partial charge in [0.2, 0.25) is 6.41 Å². The van der Waals surface area contributed by atoms with E-state index >= 15 is 0 Å². The van der Waals surface area contributed by atoms with E-state index in [9.17, 15) is 27.9 Å². The summed E-state index contributed by atoms with van der Waals surface area (Å²) in [5.41, 5.74) is 2.79. The fourth-order valence-electron chi connectivity index (χ4n) is 4.69. The highest BCUT2D eigenvalue weighted by atomic mass is 35.5. The molecule has 0 spiro atoms. The van der Waals surface area contributed by atoms with Crippen LogP contribution in [-0.2, 0) is 38.8 Å². The molecule has 1 atom stereocenters. The van der Waals surface area contributed by atoms with E-state index in [1.165, 1.54) is 18.2 Å². The zero-order chi connectivity index (χ0) is 29.2. The number of amides is 2. The minimum atomic E-state index is -3.52. The molecule has 3 aromatic rings. The summed E-state index contributed by atoms with van der Waals surface area (Å²) in [5, 5.41) is 10.2. The van der Waals surface area contributed by atoms with Gasteiger partial charge in [0.15, 0.2) is 9.84 Å². The summed E-state index contributed by atoms with van der Waals surface area (Å²) in [6.45, 7) is 0.532. The number of hydrogen-bond donors (Lipinski definition) is 1. The Morgan fingerprint density at radius 2 is 1.90 bits per heavy atom. The monoisotopic (exact) mass is 598 g/mol. The van der Waals surface area contributed by atoms with Crippen molar-refractivity contribution in [1.82, 2.24) is 4.90 Å². The highest BCUT2D eigenvalue weighted by molar-refractivity contribution is 7.90. The molecule has 8 nitrogen and oxygen atoms in total. The SMILES string of the molecule is C#Cc1cccc(C(=O)N2CCc3c(cc(Cl)c(N(C=O)[C@@H](Cc4cccc(S(C)(=O)=O)c4)C(=O)O)c3Cl)C2)c1. The number of terminal acetylenes is 1. The summed E-state index contributed by atoms with van der Waals surface area (Å²) in [6, 6.07) is 12.8. The van der Waals surface area contributed by atoms with Gasteiger partial charge in [-0.05, 0) is 59.5 Å². The highest BCUT2D eigenvalue weighted by Gasteiger charge is 2.33. The van der Waals surface area contributed by atoms with Crippen molar-refractivity contribution in [2.24, 2.45) is 0 Å². The summed E-state index contributed by atoms with van der Waals surface area (Å²) < 4.78 is 23.9. The lowest BCUT2D eigenvalue weighted by Crippen LogP contribution is -2.43. The Balaban J connectivity index is 1.66. The van der Waals surface area contributed by atoms with Gasteiger partial charge in [-0.2, -0.15) is 0 Å². The number of rotatable bonds is 8. The first kappa shape index (κ1) is 29.2. The molecule has 0 aromatic heterocycles. The number of benzene rings is 3. The van der Waals surface area contributed by atoms with Crippen molar-refractivity contribution < 1.29 is 27.9 Å². The Bertz CT molecular complexity index is 1670. The second kappa shape index (κ2) is 11.7. The van der Waals surface area contributed by atoms with Crippen LogP contribution in [0.2, 0.25) is 10.0 Å². The van der Waals surface area contributed by atoms with E-state index in [0.29, 0.717) is 47.2 Å². The van der Waals surface area contributed by atoms with Crippen LogP contribution >= 0.6 is 23.2 Å². The average molecular weight is 599 g/mol. The quantitative estimate of drug-likeness (QED) is 0.307. The van der Waals surface area contributed by atoms with Crippen molar-refractivity contribution in [2.45, 2.75) is 30.3 Å². The Kier molecular flexibility index (Phi) is 8.54. The fraction of sp³-hybridized carbons (Fsp3) is 0.207. The third-order valence-corrected chi connectivity index (χ3v) is 8.50. The van der Waals surface area contributed by atoms with Crippen LogP contribution in [0, 0.1) is 12.3 Å². The van der Waals surface area contributed by atoms with E-state index < -0.39 is 21.8 Å². The Morgan fingerprint density at radius 1 is 1.18 bits per heavy atom. The molecule has 206 valence electrons. The predicted octanol–water partition coefficient (Wildman–Crippen LogP) is 4.24. The van der Waals surface area contributed by atoms with Crippen LogP contribution in [0.5, 0.6) is 0 Å². The van der Waals surface area contributed by atoms with Crippen LogP contribution in [0.1, 0.15) is 32.6 Å². The van der Waals surface area contributed by atoms with Gasteiger partial charge in [0.25, 0.3) is 5.91 Å². The molecule has 1 heterocycles. The molecule has 4 rings (SSSR count). The minimum Gasteiger partial charge on any atom is -0.480 e. The van der Waals surface area contributed by atoms with Crippen molar-refractivity contribution in [3.05, 3.63) is 92.5 Å². The van der Waals surface area contributed by atoms with Gasteiger partial charge in [0.1, 0.15) is 6.04 Å². The number of sulfone groups is 1. The Labute approximate surface area is 242 Å². The molecule has 40 heavy (non-hydrogen) atoms. The lowest BCUT2D eigenvalue weighted by molar-refractivity contribution is -0.139. The third-order valence-electron chi connectivity index (χ3n) is 6.69. The molecule has 0 radical (unpaired) electrons. The van der Waals surface area contributed by atoms with Crippen molar-refractivity contribution in [2.75, 3.05) is 17.7 Å². The number of carboxylic acids is 1. The van der Waals surface area contributed by atoms with E-state index in [0.717, 1.165) is 11.2 Å². The molecular weight excluding hydrogens is 575 g/mol. The topological polar surface area (TPSA) is 112 Å². The minimum absolute atomic E-state index is 0.0294. The number of anilines is 1. The molecule has 0 unspecified atom stereocenters. The van der Waals surface area contributed by atoms with Gasteiger partial charge in [-0.25, -0.2) is 13.2 Å². The molecule has 0 fully saturated rings. The maximum atomic E-state index is 13.1. The standard InChI is InChI=1S/C29H24Cl2N2O6S/c1-3-18-6-4-8-20(12-18)28(35)32-11-10-23-21(16-32)15-24(30)27(26(23)31)33(17-34)25(29(36)37)14-19-7-5-9-22(13-19)40(2,38)39/h1,4-9,12-13,15,17,25H,10-11,14,16H2,2H3,(H,36,37)/t25-/m0/s1. The molecule has 11 heteroatoms. The summed E-state index contributed by atoms with van der Waals surface area (Å²) in [5.74, 6) is 0.974. The number of nitrogens with zero attached hydrogens (tertiary/aromatic N) is 2. The van der Waals surface area contributed by atoms with E-state index in [1.807, 2.05) is 0 Å². The second-order valence-electron chi connectivity index (χ2n) is 9.35. The molecular formula is C29H24Cl2N2O6S. The number of carbonyl (C=O) groups excluding carboxylic acids is 2. The Hall–Kier alpha value is -3.84. The van der Waals surface area contributed by atoms with Gasteiger partial charge >= 0.3 is 5.97 Å². The molecule has 3 aromatic carbocycles. The van der Waals surface area contributed by atoms with Gasteiger partial charge in [0, 0.05) is 36.9 Å². The largest absolute Gasteiger partial charge is 0.480 e. The molecule has 2 amide bonds. The van der Waals surface area contributed by atoms with Crippen molar-refractivity contribution in [3.63, 3.8) is 0 Å². The molecule has 0 saturated heterocycles. The van der Waals surface area contributed by atoms with Crippen LogP contribution in [0.15, 0.2) is 59.5 Å². The lowest BCUT2D eigenvalue weighted by Gasteiger charge is -2.33.